The summed E-state index contributed by atoms with van der Waals surface area (Å²) in [5.74, 6) is -1.12. The smallest absolute Gasteiger partial charge is 0.255 e. The summed E-state index contributed by atoms with van der Waals surface area (Å²) < 4.78 is 14.4. The average Bonchev–Trinajstić information content (AvgIpc) is 2.63. The van der Waals surface area contributed by atoms with E-state index in [2.05, 4.69) is 10.3 Å². The summed E-state index contributed by atoms with van der Waals surface area (Å²) in [6.45, 7) is 0. The Morgan fingerprint density at radius 2 is 1.96 bits per heavy atom. The molecule has 0 saturated carbocycles. The van der Waals surface area contributed by atoms with E-state index in [0.29, 0.717) is 22.0 Å². The highest BCUT2D eigenvalue weighted by atomic mass is 35.5. The molecule has 0 aliphatic carbocycles. The molecule has 0 atom stereocenters. The molecule has 3 rings (SSSR count). The highest BCUT2D eigenvalue weighted by Crippen LogP contribution is 2.28. The molecule has 1 aromatic heterocycles. The van der Waals surface area contributed by atoms with E-state index in [0.717, 1.165) is 6.07 Å². The van der Waals surface area contributed by atoms with Gasteiger partial charge in [0.15, 0.2) is 0 Å². The van der Waals surface area contributed by atoms with Gasteiger partial charge < -0.3 is 5.32 Å². The Morgan fingerprint density at radius 1 is 1.16 bits per heavy atom. The summed E-state index contributed by atoms with van der Waals surface area (Å²) in [6.07, 6.45) is 1.51. The maximum Gasteiger partial charge on any atom is 0.255 e. The zero-order chi connectivity index (χ0) is 17.8. The number of aromatic nitrogens is 1. The first kappa shape index (κ1) is 16.6. The quantitative estimate of drug-likeness (QED) is 0.746. The minimum absolute atomic E-state index is 0.126. The van der Waals surface area contributed by atoms with Crippen molar-refractivity contribution >= 4 is 23.2 Å². The van der Waals surface area contributed by atoms with Crippen LogP contribution in [0.5, 0.6) is 0 Å². The van der Waals surface area contributed by atoms with Crippen molar-refractivity contribution < 1.29 is 9.18 Å². The summed E-state index contributed by atoms with van der Waals surface area (Å²) in [4.78, 5) is 16.4. The van der Waals surface area contributed by atoms with Crippen LogP contribution in [0.2, 0.25) is 5.02 Å². The van der Waals surface area contributed by atoms with Crippen LogP contribution in [0.15, 0.2) is 60.8 Å². The van der Waals surface area contributed by atoms with E-state index >= 15 is 0 Å². The molecular weight excluding hydrogens is 341 g/mol. The second-order valence-corrected chi connectivity index (χ2v) is 5.55. The molecule has 1 amide bonds. The van der Waals surface area contributed by atoms with Gasteiger partial charge in [-0.3, -0.25) is 9.78 Å². The number of hydrogen-bond acceptors (Lipinski definition) is 3. The van der Waals surface area contributed by atoms with E-state index in [1.54, 1.807) is 36.4 Å². The van der Waals surface area contributed by atoms with Crippen molar-refractivity contribution in [1.82, 2.24) is 4.98 Å². The molecule has 3 aromatic rings. The van der Waals surface area contributed by atoms with Gasteiger partial charge in [-0.15, -0.1) is 0 Å². The van der Waals surface area contributed by atoms with Gasteiger partial charge in [0.2, 0.25) is 0 Å². The zero-order valence-corrected chi connectivity index (χ0v) is 13.6. The predicted molar refractivity (Wildman–Crippen MR) is 93.8 cm³/mol. The van der Waals surface area contributed by atoms with Crippen molar-refractivity contribution in [3.05, 3.63) is 82.8 Å². The number of anilines is 1. The van der Waals surface area contributed by atoms with Crippen LogP contribution in [0, 0.1) is 17.1 Å². The van der Waals surface area contributed by atoms with Crippen LogP contribution in [0.4, 0.5) is 10.1 Å². The molecule has 0 fully saturated rings. The molecule has 0 radical (unpaired) electrons. The molecule has 2 aromatic carbocycles. The Bertz CT molecular complexity index is 998. The van der Waals surface area contributed by atoms with Crippen LogP contribution in [0.25, 0.3) is 11.3 Å². The Labute approximate surface area is 148 Å². The standard InChI is InChI=1S/C19H11ClFN3O/c20-15-5-3-9-23-18(15)14-8-7-12(10-16(14)21)19(25)24-17-6-2-1-4-13(17)11-22/h1-10H,(H,24,25). The number of halogens is 2. The number of hydrogen-bond donors (Lipinski definition) is 1. The van der Waals surface area contributed by atoms with E-state index < -0.39 is 11.7 Å². The van der Waals surface area contributed by atoms with E-state index in [-0.39, 0.29) is 11.1 Å². The lowest BCUT2D eigenvalue weighted by Crippen LogP contribution is -2.13. The van der Waals surface area contributed by atoms with E-state index in [4.69, 9.17) is 16.9 Å². The predicted octanol–water partition coefficient (Wildman–Crippen LogP) is 4.67. The highest BCUT2D eigenvalue weighted by molar-refractivity contribution is 6.33. The topological polar surface area (TPSA) is 65.8 Å². The fourth-order valence-corrected chi connectivity index (χ4v) is 2.54. The molecule has 25 heavy (non-hydrogen) atoms. The Morgan fingerprint density at radius 3 is 2.68 bits per heavy atom. The van der Waals surface area contributed by atoms with Crippen molar-refractivity contribution in [3.63, 3.8) is 0 Å². The minimum atomic E-state index is -0.609. The van der Waals surface area contributed by atoms with Crippen LogP contribution >= 0.6 is 11.6 Å². The first-order valence-corrected chi connectivity index (χ1v) is 7.69. The van der Waals surface area contributed by atoms with Crippen molar-refractivity contribution in [2.24, 2.45) is 0 Å². The van der Waals surface area contributed by atoms with E-state index in [9.17, 15) is 9.18 Å². The molecule has 0 aliphatic rings. The number of rotatable bonds is 3. The fraction of sp³-hybridized carbons (Fsp3) is 0. The first-order valence-electron chi connectivity index (χ1n) is 7.31. The largest absolute Gasteiger partial charge is 0.321 e. The molecule has 0 unspecified atom stereocenters. The third-order valence-corrected chi connectivity index (χ3v) is 3.85. The summed E-state index contributed by atoms with van der Waals surface area (Å²) in [5, 5.41) is 12.0. The van der Waals surface area contributed by atoms with Crippen molar-refractivity contribution in [2.45, 2.75) is 0 Å². The van der Waals surface area contributed by atoms with Gasteiger partial charge in [0.25, 0.3) is 5.91 Å². The van der Waals surface area contributed by atoms with Crippen molar-refractivity contribution in [2.75, 3.05) is 5.32 Å². The van der Waals surface area contributed by atoms with E-state index in [1.807, 2.05) is 6.07 Å². The molecular formula is C19H11ClFN3O. The molecule has 1 N–H and O–H groups in total. The number of para-hydroxylation sites is 1. The van der Waals surface area contributed by atoms with Gasteiger partial charge >= 0.3 is 0 Å². The number of nitrogens with zero attached hydrogens (tertiary/aromatic N) is 2. The molecule has 6 heteroatoms. The van der Waals surface area contributed by atoms with Gasteiger partial charge in [-0.1, -0.05) is 23.7 Å². The molecule has 1 heterocycles. The summed E-state index contributed by atoms with van der Waals surface area (Å²) in [5.41, 5.74) is 1.34. The van der Waals surface area contributed by atoms with Crippen molar-refractivity contribution in [3.8, 4) is 17.3 Å². The lowest BCUT2D eigenvalue weighted by atomic mass is 10.1. The van der Waals surface area contributed by atoms with Gasteiger partial charge in [-0.05, 0) is 42.5 Å². The zero-order valence-electron chi connectivity index (χ0n) is 12.8. The monoisotopic (exact) mass is 351 g/mol. The third kappa shape index (κ3) is 3.49. The molecule has 0 aliphatic heterocycles. The summed E-state index contributed by atoms with van der Waals surface area (Å²) in [6, 6.07) is 15.9. The van der Waals surface area contributed by atoms with Gasteiger partial charge in [-0.2, -0.15) is 5.26 Å². The second-order valence-electron chi connectivity index (χ2n) is 5.14. The molecule has 0 bridgehead atoms. The fourth-order valence-electron chi connectivity index (χ4n) is 2.32. The third-order valence-electron chi connectivity index (χ3n) is 3.54. The molecule has 122 valence electrons. The van der Waals surface area contributed by atoms with Crippen LogP contribution in [0.1, 0.15) is 15.9 Å². The average molecular weight is 352 g/mol. The normalized spacial score (nSPS) is 10.1. The van der Waals surface area contributed by atoms with Crippen LogP contribution < -0.4 is 5.32 Å². The maximum absolute atomic E-state index is 14.4. The molecule has 4 nitrogen and oxygen atoms in total. The lowest BCUT2D eigenvalue weighted by Gasteiger charge is -2.09. The van der Waals surface area contributed by atoms with Gasteiger partial charge in [-0.25, -0.2) is 4.39 Å². The van der Waals surface area contributed by atoms with Gasteiger partial charge in [0, 0.05) is 17.3 Å². The number of benzene rings is 2. The van der Waals surface area contributed by atoms with Crippen molar-refractivity contribution in [1.29, 1.82) is 5.26 Å². The number of carbonyl (C=O) groups excluding carboxylic acids is 1. The van der Waals surface area contributed by atoms with E-state index in [1.165, 1.54) is 18.3 Å². The SMILES string of the molecule is N#Cc1ccccc1NC(=O)c1ccc(-c2ncccc2Cl)c(F)c1. The van der Waals surface area contributed by atoms with Crippen LogP contribution in [-0.4, -0.2) is 10.9 Å². The van der Waals surface area contributed by atoms with Gasteiger partial charge in [0.1, 0.15) is 11.9 Å². The number of nitriles is 1. The Kier molecular flexibility index (Phi) is 4.73. The second kappa shape index (κ2) is 7.12. The number of nitrogens with one attached hydrogen (secondary N) is 1. The van der Waals surface area contributed by atoms with Crippen LogP contribution in [-0.2, 0) is 0 Å². The summed E-state index contributed by atoms with van der Waals surface area (Å²) in [7, 11) is 0. The number of amides is 1. The minimum Gasteiger partial charge on any atom is -0.321 e. The lowest BCUT2D eigenvalue weighted by molar-refractivity contribution is 0.102. The number of carbonyl (C=O) groups is 1. The highest BCUT2D eigenvalue weighted by Gasteiger charge is 2.14. The number of pyridine rings is 1. The molecule has 0 spiro atoms. The van der Waals surface area contributed by atoms with Gasteiger partial charge in [0.05, 0.1) is 22.0 Å². The molecule has 0 saturated heterocycles. The van der Waals surface area contributed by atoms with Crippen LogP contribution in [0.3, 0.4) is 0 Å². The Hall–Kier alpha value is -3.23. The maximum atomic E-state index is 14.4. The summed E-state index contributed by atoms with van der Waals surface area (Å²) >= 11 is 6.03. The first-order chi connectivity index (χ1) is 12.1. The Balaban J connectivity index is 1.89.